The summed E-state index contributed by atoms with van der Waals surface area (Å²) in [4.78, 5) is 24.6. The molecule has 1 amide bonds. The van der Waals surface area contributed by atoms with Crippen LogP contribution >= 0.6 is 24.0 Å². The molecule has 6 heteroatoms. The molecule has 1 fully saturated rings. The minimum Gasteiger partial charge on any atom is -0.548 e. The van der Waals surface area contributed by atoms with Crippen LogP contribution in [0.15, 0.2) is 29.2 Å². The van der Waals surface area contributed by atoms with Crippen LogP contribution in [0.4, 0.5) is 0 Å². The van der Waals surface area contributed by atoms with Gasteiger partial charge in [0.2, 0.25) is 0 Å². The van der Waals surface area contributed by atoms with Gasteiger partial charge < -0.3 is 9.90 Å². The number of aryl methyl sites for hydroxylation is 1. The maximum absolute atomic E-state index is 12.2. The number of carbonyl (C=O) groups excluding carboxylic acids is 2. The van der Waals surface area contributed by atoms with Crippen LogP contribution in [-0.2, 0) is 9.59 Å². The molecule has 4 nitrogen and oxygen atoms in total. The molecule has 1 unspecified atom stereocenters. The van der Waals surface area contributed by atoms with Gasteiger partial charge in [-0.1, -0.05) is 48.2 Å². The highest BCUT2D eigenvalue weighted by Crippen LogP contribution is 2.34. The van der Waals surface area contributed by atoms with E-state index in [0.29, 0.717) is 4.91 Å². The third-order valence-electron chi connectivity index (χ3n) is 3.03. The Labute approximate surface area is 126 Å². The van der Waals surface area contributed by atoms with Crippen molar-refractivity contribution in [2.75, 3.05) is 0 Å². The normalized spacial score (nSPS) is 18.7. The van der Waals surface area contributed by atoms with Crippen LogP contribution < -0.4 is 5.11 Å². The highest BCUT2D eigenvalue weighted by Gasteiger charge is 2.35. The molecule has 0 N–H and O–H groups in total. The lowest BCUT2D eigenvalue weighted by Crippen LogP contribution is -2.48. The molecule has 104 valence electrons. The van der Waals surface area contributed by atoms with Crippen LogP contribution in [-0.4, -0.2) is 27.1 Å². The highest BCUT2D eigenvalue weighted by molar-refractivity contribution is 8.26. The van der Waals surface area contributed by atoms with E-state index in [-0.39, 0.29) is 10.2 Å². The molecule has 1 aliphatic rings. The van der Waals surface area contributed by atoms with Crippen LogP contribution in [0.3, 0.4) is 0 Å². The maximum atomic E-state index is 12.2. The number of carbonyl (C=O) groups is 2. The fraction of sp³-hybridized carbons (Fsp3) is 0.214. The van der Waals surface area contributed by atoms with Gasteiger partial charge in [-0.15, -0.1) is 0 Å². The van der Waals surface area contributed by atoms with Gasteiger partial charge in [0.05, 0.1) is 16.9 Å². The standard InChI is InChI=1S/C14H13NO3S2/c1-8-5-3-4-6-10(8)7-11-12(16)15(14(19)20-11)9(2)13(17)18/h3-7,9H,1-2H3,(H,17,18)/p-1. The summed E-state index contributed by atoms with van der Waals surface area (Å²) in [5, 5.41) is 10.9. The first kappa shape index (κ1) is 14.7. The molecule has 1 heterocycles. The van der Waals surface area contributed by atoms with E-state index in [1.165, 1.54) is 6.92 Å². The molecule has 1 atom stereocenters. The Morgan fingerprint density at radius 1 is 1.45 bits per heavy atom. The lowest BCUT2D eigenvalue weighted by Gasteiger charge is -2.23. The second-order valence-electron chi connectivity index (χ2n) is 4.40. The largest absolute Gasteiger partial charge is 0.548 e. The second kappa shape index (κ2) is 5.76. The van der Waals surface area contributed by atoms with E-state index in [4.69, 9.17) is 12.2 Å². The Kier molecular flexibility index (Phi) is 4.25. The summed E-state index contributed by atoms with van der Waals surface area (Å²) in [5.74, 6) is -1.71. The summed E-state index contributed by atoms with van der Waals surface area (Å²) in [6.45, 7) is 3.33. The molecular formula is C14H12NO3S2-. The molecule has 1 aromatic rings. The molecule has 0 aromatic heterocycles. The summed E-state index contributed by atoms with van der Waals surface area (Å²) >= 11 is 6.18. The van der Waals surface area contributed by atoms with Crippen molar-refractivity contribution in [2.45, 2.75) is 19.9 Å². The molecule has 1 saturated heterocycles. The van der Waals surface area contributed by atoms with E-state index in [9.17, 15) is 14.7 Å². The fourth-order valence-electron chi connectivity index (χ4n) is 1.81. The number of carboxylic acid groups (broad SMARTS) is 1. The van der Waals surface area contributed by atoms with Crippen molar-refractivity contribution in [3.8, 4) is 0 Å². The molecular weight excluding hydrogens is 294 g/mol. The van der Waals surface area contributed by atoms with Crippen molar-refractivity contribution in [1.29, 1.82) is 0 Å². The van der Waals surface area contributed by atoms with Crippen molar-refractivity contribution in [2.24, 2.45) is 0 Å². The van der Waals surface area contributed by atoms with Gasteiger partial charge in [0.25, 0.3) is 5.91 Å². The van der Waals surface area contributed by atoms with Gasteiger partial charge in [0.15, 0.2) is 0 Å². The Balaban J connectivity index is 2.33. The van der Waals surface area contributed by atoms with E-state index >= 15 is 0 Å². The van der Waals surface area contributed by atoms with Crippen LogP contribution in [0, 0.1) is 6.92 Å². The number of carboxylic acids is 1. The Hall–Kier alpha value is -1.66. The maximum Gasteiger partial charge on any atom is 0.266 e. The summed E-state index contributed by atoms with van der Waals surface area (Å²) in [7, 11) is 0. The van der Waals surface area contributed by atoms with E-state index in [1.807, 2.05) is 31.2 Å². The SMILES string of the molecule is Cc1ccccc1C=C1SC(=S)N(C(C)C(=O)[O-])C1=O. The molecule has 2 rings (SSSR count). The third-order valence-corrected chi connectivity index (χ3v) is 4.36. The fourth-order valence-corrected chi connectivity index (χ4v) is 3.22. The first-order chi connectivity index (χ1) is 9.41. The summed E-state index contributed by atoms with van der Waals surface area (Å²) < 4.78 is 0.242. The van der Waals surface area contributed by atoms with Crippen LogP contribution in [0.1, 0.15) is 18.1 Å². The topological polar surface area (TPSA) is 60.4 Å². The molecule has 0 spiro atoms. The smallest absolute Gasteiger partial charge is 0.266 e. The van der Waals surface area contributed by atoms with E-state index in [1.54, 1.807) is 6.08 Å². The second-order valence-corrected chi connectivity index (χ2v) is 6.08. The Morgan fingerprint density at radius 2 is 2.10 bits per heavy atom. The lowest BCUT2D eigenvalue weighted by atomic mass is 10.1. The molecule has 0 saturated carbocycles. The van der Waals surface area contributed by atoms with Crippen LogP contribution in [0.5, 0.6) is 0 Å². The monoisotopic (exact) mass is 306 g/mol. The average Bonchev–Trinajstić information content (AvgIpc) is 2.66. The molecule has 1 aromatic carbocycles. The molecule has 0 aliphatic carbocycles. The van der Waals surface area contributed by atoms with E-state index in [2.05, 4.69) is 0 Å². The number of hydrogen-bond acceptors (Lipinski definition) is 5. The minimum absolute atomic E-state index is 0.242. The predicted molar refractivity (Wildman–Crippen MR) is 80.7 cm³/mol. The number of nitrogens with zero attached hydrogens (tertiary/aromatic N) is 1. The number of rotatable bonds is 3. The summed E-state index contributed by atoms with van der Waals surface area (Å²) in [6, 6.07) is 6.56. The van der Waals surface area contributed by atoms with Crippen molar-refractivity contribution >= 4 is 46.3 Å². The van der Waals surface area contributed by atoms with Crippen molar-refractivity contribution in [1.82, 2.24) is 4.90 Å². The molecule has 20 heavy (non-hydrogen) atoms. The zero-order valence-corrected chi connectivity index (χ0v) is 12.6. The lowest BCUT2D eigenvalue weighted by molar-refractivity contribution is -0.309. The summed E-state index contributed by atoms with van der Waals surface area (Å²) in [6.07, 6.45) is 1.73. The molecule has 1 aliphatic heterocycles. The van der Waals surface area contributed by atoms with Gasteiger partial charge in [-0.2, -0.15) is 0 Å². The zero-order valence-electron chi connectivity index (χ0n) is 11.0. The number of thioether (sulfide) groups is 1. The first-order valence-corrected chi connectivity index (χ1v) is 7.18. The van der Waals surface area contributed by atoms with E-state index < -0.39 is 12.0 Å². The van der Waals surface area contributed by atoms with E-state index in [0.717, 1.165) is 27.8 Å². The Morgan fingerprint density at radius 3 is 2.70 bits per heavy atom. The quantitative estimate of drug-likeness (QED) is 0.623. The number of benzene rings is 1. The number of thiocarbonyl (C=S) groups is 1. The number of amides is 1. The van der Waals surface area contributed by atoms with Gasteiger partial charge in [-0.25, -0.2) is 0 Å². The Bertz CT molecular complexity index is 625. The summed E-state index contributed by atoms with van der Waals surface area (Å²) in [5.41, 5.74) is 1.94. The van der Waals surface area contributed by atoms with Gasteiger partial charge in [0, 0.05) is 0 Å². The van der Waals surface area contributed by atoms with Crippen LogP contribution in [0.2, 0.25) is 0 Å². The predicted octanol–water partition coefficient (Wildman–Crippen LogP) is 1.33. The third kappa shape index (κ3) is 2.76. The molecule has 0 bridgehead atoms. The number of aliphatic carboxylic acids is 1. The van der Waals surface area contributed by atoms with Gasteiger partial charge in [0.1, 0.15) is 4.32 Å². The van der Waals surface area contributed by atoms with Gasteiger partial charge in [-0.05, 0) is 31.1 Å². The average molecular weight is 306 g/mol. The van der Waals surface area contributed by atoms with Crippen molar-refractivity contribution in [3.63, 3.8) is 0 Å². The van der Waals surface area contributed by atoms with Crippen LogP contribution in [0.25, 0.3) is 6.08 Å². The minimum atomic E-state index is -1.32. The molecule has 0 radical (unpaired) electrons. The zero-order chi connectivity index (χ0) is 14.9. The van der Waals surface area contributed by atoms with Gasteiger partial charge >= 0.3 is 0 Å². The van der Waals surface area contributed by atoms with Crippen molar-refractivity contribution < 1.29 is 14.7 Å². The van der Waals surface area contributed by atoms with Gasteiger partial charge in [-0.3, -0.25) is 9.69 Å². The number of hydrogen-bond donors (Lipinski definition) is 0. The highest BCUT2D eigenvalue weighted by atomic mass is 32.2. The van der Waals surface area contributed by atoms with Crippen molar-refractivity contribution in [3.05, 3.63) is 40.3 Å². The first-order valence-electron chi connectivity index (χ1n) is 5.95.